The molecule has 5 N–H and O–H groups in total. The van der Waals surface area contributed by atoms with Crippen molar-refractivity contribution in [1.82, 2.24) is 29.5 Å². The lowest BCUT2D eigenvalue weighted by atomic mass is 10.1. The summed E-state index contributed by atoms with van der Waals surface area (Å²) < 4.78 is 22.5. The normalized spacial score (nSPS) is 20.2. The van der Waals surface area contributed by atoms with Gasteiger partial charge in [-0.3, -0.25) is 14.5 Å². The maximum absolute atomic E-state index is 15.2. The highest BCUT2D eigenvalue weighted by Crippen LogP contribution is 2.33. The molecule has 2 aliphatic rings. The molecule has 39 heavy (non-hydrogen) atoms. The molecule has 0 saturated carbocycles. The van der Waals surface area contributed by atoms with Crippen LogP contribution in [-0.2, 0) is 13.1 Å². The van der Waals surface area contributed by atoms with Gasteiger partial charge in [0.2, 0.25) is 5.95 Å². The fourth-order valence-electron chi connectivity index (χ4n) is 6.12. The van der Waals surface area contributed by atoms with Gasteiger partial charge in [-0.25, -0.2) is 9.37 Å². The Hall–Kier alpha value is -3.06. The number of hydrogen-bond donors (Lipinski definition) is 4. The number of nitrogens with two attached hydrogens (primary N) is 1. The Bertz CT molecular complexity index is 1280. The zero-order valence-electron chi connectivity index (χ0n) is 22.7. The van der Waals surface area contributed by atoms with Crippen LogP contribution in [0.5, 0.6) is 5.75 Å². The Morgan fingerprint density at radius 3 is 2.59 bits per heavy atom. The minimum absolute atomic E-state index is 0.0249. The van der Waals surface area contributed by atoms with E-state index in [-0.39, 0.29) is 31.0 Å². The number of halogens is 1. The lowest BCUT2D eigenvalue weighted by Crippen LogP contribution is -2.46. The molecule has 0 amide bonds. The van der Waals surface area contributed by atoms with Crippen molar-refractivity contribution in [2.75, 3.05) is 51.0 Å². The lowest BCUT2D eigenvalue weighted by molar-refractivity contribution is 0.104. The third kappa shape index (κ3) is 5.79. The monoisotopic (exact) mass is 542 g/mol. The number of nitrogen functional groups attached to an aromatic ring is 1. The first-order valence-corrected chi connectivity index (χ1v) is 13.7. The molecular formula is C27H39FN8O3. The number of methoxy groups -OCH3 is 1. The average molecular weight is 543 g/mol. The topological polar surface area (TPSA) is 138 Å². The summed E-state index contributed by atoms with van der Waals surface area (Å²) in [4.78, 5) is 13.5. The van der Waals surface area contributed by atoms with Crippen molar-refractivity contribution in [3.8, 4) is 5.75 Å². The molecule has 0 radical (unpaired) electrons. The van der Waals surface area contributed by atoms with E-state index in [1.807, 2.05) is 6.07 Å². The molecule has 2 aliphatic heterocycles. The number of nitrogens with zero attached hydrogens (tertiary/aromatic N) is 6. The zero-order chi connectivity index (χ0) is 27.5. The minimum Gasteiger partial charge on any atom is -0.496 e. The van der Waals surface area contributed by atoms with Gasteiger partial charge >= 0.3 is 0 Å². The molecule has 2 saturated heterocycles. The van der Waals surface area contributed by atoms with Gasteiger partial charge in [-0.15, -0.1) is 0 Å². The van der Waals surface area contributed by atoms with Gasteiger partial charge in [0.1, 0.15) is 22.6 Å². The van der Waals surface area contributed by atoms with Crippen LogP contribution in [0, 0.1) is 5.82 Å². The number of ether oxygens (including phenoxy) is 1. The Balaban J connectivity index is 1.41. The molecular weight excluding hydrogens is 503 g/mol. The van der Waals surface area contributed by atoms with Crippen molar-refractivity contribution in [3.05, 3.63) is 35.3 Å². The van der Waals surface area contributed by atoms with E-state index in [1.165, 1.54) is 13.2 Å². The number of rotatable bonds is 13. The van der Waals surface area contributed by atoms with Crippen LogP contribution >= 0.6 is 0 Å². The van der Waals surface area contributed by atoms with Crippen molar-refractivity contribution < 1.29 is 19.3 Å². The quantitative estimate of drug-likeness (QED) is 0.253. The second kappa shape index (κ2) is 12.0. The van der Waals surface area contributed by atoms with Gasteiger partial charge in [0.05, 0.1) is 26.5 Å². The fourth-order valence-corrected chi connectivity index (χ4v) is 6.12. The number of likely N-dealkylation sites (tertiary alicyclic amines) is 2. The molecule has 1 aromatic carbocycles. The van der Waals surface area contributed by atoms with Gasteiger partial charge in [0, 0.05) is 68.1 Å². The largest absolute Gasteiger partial charge is 0.496 e. The molecule has 0 unspecified atom stereocenters. The van der Waals surface area contributed by atoms with Gasteiger partial charge in [-0.1, -0.05) is 13.3 Å². The molecule has 2 fully saturated rings. The number of anilines is 2. The molecule has 3 atom stereocenters. The van der Waals surface area contributed by atoms with Crippen LogP contribution in [0.25, 0.3) is 11.0 Å². The molecule has 5 rings (SSSR count). The Labute approximate surface area is 227 Å². The van der Waals surface area contributed by atoms with E-state index < -0.39 is 0 Å². The first kappa shape index (κ1) is 27.5. The third-order valence-corrected chi connectivity index (χ3v) is 7.96. The zero-order valence-corrected chi connectivity index (χ0v) is 22.7. The van der Waals surface area contributed by atoms with Crippen LogP contribution in [0.4, 0.5) is 16.2 Å². The molecule has 4 heterocycles. The number of aliphatic hydroxyl groups is 2. The predicted molar refractivity (Wildman–Crippen MR) is 147 cm³/mol. The minimum atomic E-state index is -0.291. The Morgan fingerprint density at radius 1 is 1.10 bits per heavy atom. The van der Waals surface area contributed by atoms with E-state index in [4.69, 9.17) is 10.5 Å². The van der Waals surface area contributed by atoms with Gasteiger partial charge in [-0.05, 0) is 25.3 Å². The van der Waals surface area contributed by atoms with Crippen molar-refractivity contribution in [3.63, 3.8) is 0 Å². The number of piperazine rings is 1. The number of nitrogens with one attached hydrogen (secondary N) is 1. The summed E-state index contributed by atoms with van der Waals surface area (Å²) in [6, 6.07) is 4.13. The second-order valence-corrected chi connectivity index (χ2v) is 10.6. The van der Waals surface area contributed by atoms with E-state index in [9.17, 15) is 10.2 Å². The van der Waals surface area contributed by atoms with E-state index in [0.717, 1.165) is 37.9 Å². The molecule has 0 aliphatic carbocycles. The van der Waals surface area contributed by atoms with Crippen LogP contribution in [-0.4, -0.2) is 97.8 Å². The van der Waals surface area contributed by atoms with E-state index in [0.29, 0.717) is 66.3 Å². The fraction of sp³-hybridized carbons (Fsp3) is 0.593. The highest BCUT2D eigenvalue weighted by Gasteiger charge is 2.42. The molecule has 2 bridgehead atoms. The summed E-state index contributed by atoms with van der Waals surface area (Å²) in [5.74, 6) is 0.861. The highest BCUT2D eigenvalue weighted by atomic mass is 19.1. The lowest BCUT2D eigenvalue weighted by Gasteiger charge is -2.34. The summed E-state index contributed by atoms with van der Waals surface area (Å²) >= 11 is 0. The number of β-amino-alcohol motifs (C(OH)–C–C–N with tert-alkyl or cyclic N) is 1. The van der Waals surface area contributed by atoms with Gasteiger partial charge in [0.25, 0.3) is 0 Å². The summed E-state index contributed by atoms with van der Waals surface area (Å²) in [6.07, 6.45) is 5.10. The third-order valence-electron chi connectivity index (χ3n) is 7.96. The van der Waals surface area contributed by atoms with Gasteiger partial charge in [0.15, 0.2) is 5.82 Å². The van der Waals surface area contributed by atoms with Crippen LogP contribution in [0.15, 0.2) is 18.3 Å². The van der Waals surface area contributed by atoms with Crippen LogP contribution in [0.2, 0.25) is 0 Å². The number of aromatic nitrogens is 4. The first-order chi connectivity index (χ1) is 18.9. The molecule has 11 nitrogen and oxygen atoms in total. The first-order valence-electron chi connectivity index (χ1n) is 13.7. The number of fused-ring (bicyclic) bond motifs is 3. The standard InChI is InChI=1S/C27H39FN8O3/c1-3-4-19(5-7-37)31-26-25-23(32-27(29)33-26)12-30-36(25)14-18-9-17(22(28)11-24(18)39-2)13-35-16-20-10-21(35)15-34(20)6-8-38/h9,11-12,19-21,37-38H,3-8,10,13-16H2,1-2H3,(H3,29,31,32,33)/t19-,20+,21+/m0/s1. The molecule has 0 spiro atoms. The molecule has 3 aromatic rings. The smallest absolute Gasteiger partial charge is 0.222 e. The van der Waals surface area contributed by atoms with Crippen LogP contribution < -0.4 is 15.8 Å². The maximum Gasteiger partial charge on any atom is 0.222 e. The van der Waals surface area contributed by atoms with Crippen molar-refractivity contribution >= 4 is 22.8 Å². The molecule has 212 valence electrons. The van der Waals surface area contributed by atoms with Crippen molar-refractivity contribution in [2.45, 2.75) is 63.8 Å². The van der Waals surface area contributed by atoms with E-state index in [2.05, 4.69) is 37.1 Å². The summed E-state index contributed by atoms with van der Waals surface area (Å²) in [7, 11) is 1.54. The van der Waals surface area contributed by atoms with Gasteiger partial charge < -0.3 is 26.0 Å². The maximum atomic E-state index is 15.2. The number of benzene rings is 1. The second-order valence-electron chi connectivity index (χ2n) is 10.6. The number of hydrogen-bond acceptors (Lipinski definition) is 10. The highest BCUT2D eigenvalue weighted by molar-refractivity contribution is 5.86. The predicted octanol–water partition coefficient (Wildman–Crippen LogP) is 1.82. The van der Waals surface area contributed by atoms with E-state index >= 15 is 4.39 Å². The molecule has 2 aromatic heterocycles. The SMILES string of the molecule is CCC[C@@H](CCO)Nc1nc(N)nc2cnn(Cc3cc(CN4C[C@H]5C[C@@H]4CN5CCO)c(F)cc3OC)c12. The van der Waals surface area contributed by atoms with Crippen LogP contribution in [0.3, 0.4) is 0 Å². The van der Waals surface area contributed by atoms with Crippen molar-refractivity contribution in [2.24, 2.45) is 0 Å². The average Bonchev–Trinajstić information content (AvgIpc) is 3.61. The Morgan fingerprint density at radius 2 is 1.90 bits per heavy atom. The Kier molecular flexibility index (Phi) is 8.46. The summed E-state index contributed by atoms with van der Waals surface area (Å²) in [5, 5.41) is 26.8. The van der Waals surface area contributed by atoms with Gasteiger partial charge in [-0.2, -0.15) is 10.1 Å². The molecule has 12 heteroatoms. The van der Waals surface area contributed by atoms with E-state index in [1.54, 1.807) is 10.9 Å². The summed E-state index contributed by atoms with van der Waals surface area (Å²) in [6.45, 7) is 5.64. The summed E-state index contributed by atoms with van der Waals surface area (Å²) in [5.41, 5.74) is 8.70. The van der Waals surface area contributed by atoms with Crippen LogP contribution in [0.1, 0.15) is 43.7 Å². The van der Waals surface area contributed by atoms with Crippen molar-refractivity contribution in [1.29, 1.82) is 0 Å². The number of aliphatic hydroxyl groups excluding tert-OH is 2.